The molecule has 1 unspecified atom stereocenters. The second-order valence-electron chi connectivity index (χ2n) is 5.08. The smallest absolute Gasteiger partial charge is 0.243 e. The lowest BCUT2D eigenvalue weighted by Crippen LogP contribution is -2.38. The van der Waals surface area contributed by atoms with Crippen LogP contribution in [0.15, 0.2) is 46.0 Å². The molecule has 1 heterocycles. The molecule has 23 heavy (non-hydrogen) atoms. The Bertz CT molecular complexity index is 713. The zero-order chi connectivity index (χ0) is 16.9. The Labute approximate surface area is 141 Å². The van der Waals surface area contributed by atoms with E-state index in [9.17, 15) is 12.8 Å². The molecule has 0 saturated carbocycles. The minimum atomic E-state index is -3.88. The first kappa shape index (κ1) is 18.1. The molecule has 1 atom stereocenters. The Kier molecular flexibility index (Phi) is 6.29. The van der Waals surface area contributed by atoms with Crippen molar-refractivity contribution in [1.82, 2.24) is 9.62 Å². The van der Waals surface area contributed by atoms with Crippen LogP contribution in [0.5, 0.6) is 0 Å². The quantitative estimate of drug-likeness (QED) is 0.790. The molecule has 2 rings (SSSR count). The molecule has 0 amide bonds. The molecule has 1 N–H and O–H groups in total. The SMILES string of the molecule is CCN(CC)C(CNS(=O)(=O)c1ccccc1F)c1ccsc1. The summed E-state index contributed by atoms with van der Waals surface area (Å²) < 4.78 is 41.0. The number of thiophene rings is 1. The van der Waals surface area contributed by atoms with E-state index in [2.05, 4.69) is 9.62 Å². The molecule has 0 radical (unpaired) electrons. The molecule has 4 nitrogen and oxygen atoms in total. The van der Waals surface area contributed by atoms with Crippen LogP contribution in [0.4, 0.5) is 4.39 Å². The van der Waals surface area contributed by atoms with Crippen molar-refractivity contribution in [3.05, 3.63) is 52.5 Å². The summed E-state index contributed by atoms with van der Waals surface area (Å²) in [5.74, 6) is -0.741. The van der Waals surface area contributed by atoms with Gasteiger partial charge in [-0.25, -0.2) is 17.5 Å². The van der Waals surface area contributed by atoms with Gasteiger partial charge in [-0.1, -0.05) is 26.0 Å². The highest BCUT2D eigenvalue weighted by molar-refractivity contribution is 7.89. The zero-order valence-electron chi connectivity index (χ0n) is 13.2. The van der Waals surface area contributed by atoms with E-state index < -0.39 is 15.8 Å². The second-order valence-corrected chi connectivity index (χ2v) is 7.59. The fourth-order valence-corrected chi connectivity index (χ4v) is 4.34. The maximum atomic E-state index is 13.7. The fourth-order valence-electron chi connectivity index (χ4n) is 2.52. The number of halogens is 1. The summed E-state index contributed by atoms with van der Waals surface area (Å²) in [5.41, 5.74) is 1.06. The van der Waals surface area contributed by atoms with E-state index in [1.165, 1.54) is 18.2 Å². The van der Waals surface area contributed by atoms with Crippen LogP contribution in [0.3, 0.4) is 0 Å². The molecule has 0 saturated heterocycles. The van der Waals surface area contributed by atoms with Crippen LogP contribution >= 0.6 is 11.3 Å². The molecule has 1 aromatic carbocycles. The zero-order valence-corrected chi connectivity index (χ0v) is 14.8. The van der Waals surface area contributed by atoms with Crippen LogP contribution in [0.25, 0.3) is 0 Å². The van der Waals surface area contributed by atoms with Crippen molar-refractivity contribution in [1.29, 1.82) is 0 Å². The van der Waals surface area contributed by atoms with Crippen LogP contribution < -0.4 is 4.72 Å². The van der Waals surface area contributed by atoms with Crippen LogP contribution in [0, 0.1) is 5.82 Å². The Morgan fingerprint density at radius 2 is 1.91 bits per heavy atom. The highest BCUT2D eigenvalue weighted by Crippen LogP contribution is 2.23. The van der Waals surface area contributed by atoms with E-state index in [-0.39, 0.29) is 17.5 Å². The maximum absolute atomic E-state index is 13.7. The molecule has 1 aromatic heterocycles. The molecule has 0 aliphatic heterocycles. The predicted octanol–water partition coefficient (Wildman–Crippen LogP) is 3.25. The predicted molar refractivity (Wildman–Crippen MR) is 91.6 cm³/mol. The minimum Gasteiger partial charge on any atom is -0.296 e. The number of sulfonamides is 1. The molecule has 0 bridgehead atoms. The summed E-state index contributed by atoms with van der Waals surface area (Å²) in [6.07, 6.45) is 0. The van der Waals surface area contributed by atoms with Gasteiger partial charge in [0.25, 0.3) is 0 Å². The molecular formula is C16H21FN2O2S2. The Balaban J connectivity index is 2.20. The van der Waals surface area contributed by atoms with Gasteiger partial charge in [-0.05, 0) is 47.6 Å². The molecule has 0 aliphatic carbocycles. The second kappa shape index (κ2) is 8.01. The van der Waals surface area contributed by atoms with Gasteiger partial charge in [0.05, 0.1) is 0 Å². The highest BCUT2D eigenvalue weighted by Gasteiger charge is 2.23. The number of nitrogens with zero attached hydrogens (tertiary/aromatic N) is 1. The fraction of sp³-hybridized carbons (Fsp3) is 0.375. The van der Waals surface area contributed by atoms with E-state index in [4.69, 9.17) is 0 Å². The topological polar surface area (TPSA) is 49.4 Å². The third-order valence-corrected chi connectivity index (χ3v) is 5.93. The van der Waals surface area contributed by atoms with Crippen LogP contribution in [0.1, 0.15) is 25.5 Å². The van der Waals surface area contributed by atoms with E-state index in [0.29, 0.717) is 0 Å². The van der Waals surface area contributed by atoms with Crippen molar-refractivity contribution in [2.75, 3.05) is 19.6 Å². The first-order valence-electron chi connectivity index (χ1n) is 7.50. The van der Waals surface area contributed by atoms with E-state index in [0.717, 1.165) is 24.7 Å². The van der Waals surface area contributed by atoms with E-state index in [1.807, 2.05) is 30.7 Å². The lowest BCUT2D eigenvalue weighted by Gasteiger charge is -2.29. The first-order chi connectivity index (χ1) is 11.0. The third-order valence-electron chi connectivity index (χ3n) is 3.77. The maximum Gasteiger partial charge on any atom is 0.243 e. The third kappa shape index (κ3) is 4.38. The number of hydrogen-bond donors (Lipinski definition) is 1. The highest BCUT2D eigenvalue weighted by atomic mass is 32.2. The monoisotopic (exact) mass is 356 g/mol. The van der Waals surface area contributed by atoms with Gasteiger partial charge in [-0.15, -0.1) is 0 Å². The van der Waals surface area contributed by atoms with Gasteiger partial charge < -0.3 is 0 Å². The minimum absolute atomic E-state index is 0.0715. The molecule has 126 valence electrons. The summed E-state index contributed by atoms with van der Waals surface area (Å²) in [6, 6.07) is 7.32. The molecule has 0 aliphatic rings. The Morgan fingerprint density at radius 1 is 1.22 bits per heavy atom. The van der Waals surface area contributed by atoms with Crippen LogP contribution in [-0.2, 0) is 10.0 Å². The van der Waals surface area contributed by atoms with Gasteiger partial charge in [0.2, 0.25) is 10.0 Å². The first-order valence-corrected chi connectivity index (χ1v) is 9.92. The van der Waals surface area contributed by atoms with E-state index in [1.54, 1.807) is 11.3 Å². The van der Waals surface area contributed by atoms with Crippen molar-refractivity contribution in [3.8, 4) is 0 Å². The van der Waals surface area contributed by atoms with Crippen molar-refractivity contribution in [2.24, 2.45) is 0 Å². The van der Waals surface area contributed by atoms with Crippen LogP contribution in [-0.4, -0.2) is 33.0 Å². The number of hydrogen-bond acceptors (Lipinski definition) is 4. The van der Waals surface area contributed by atoms with Gasteiger partial charge in [0.1, 0.15) is 10.7 Å². The number of likely N-dealkylation sites (N-methyl/N-ethyl adjacent to an activating group) is 1. The summed E-state index contributed by atoms with van der Waals surface area (Å²) >= 11 is 1.57. The molecular weight excluding hydrogens is 335 g/mol. The van der Waals surface area contributed by atoms with Gasteiger partial charge in [-0.3, -0.25) is 4.90 Å². The van der Waals surface area contributed by atoms with Crippen molar-refractivity contribution < 1.29 is 12.8 Å². The average molecular weight is 356 g/mol. The average Bonchev–Trinajstić information content (AvgIpc) is 3.05. The lowest BCUT2D eigenvalue weighted by molar-refractivity contribution is 0.220. The Hall–Kier alpha value is -1.28. The molecule has 2 aromatic rings. The summed E-state index contributed by atoms with van der Waals surface area (Å²) in [4.78, 5) is 1.86. The normalized spacial score (nSPS) is 13.4. The van der Waals surface area contributed by atoms with Crippen molar-refractivity contribution in [3.63, 3.8) is 0 Å². The van der Waals surface area contributed by atoms with Gasteiger partial charge in [-0.2, -0.15) is 11.3 Å². The molecule has 7 heteroatoms. The largest absolute Gasteiger partial charge is 0.296 e. The van der Waals surface area contributed by atoms with Gasteiger partial charge >= 0.3 is 0 Å². The lowest BCUT2D eigenvalue weighted by atomic mass is 10.1. The Morgan fingerprint density at radius 3 is 2.48 bits per heavy atom. The molecule has 0 fully saturated rings. The van der Waals surface area contributed by atoms with Gasteiger partial charge in [0.15, 0.2) is 0 Å². The standard InChI is InChI=1S/C16H21FN2O2S2/c1-3-19(4-2)15(13-9-10-22-12-13)11-18-23(20,21)16-8-6-5-7-14(16)17/h5-10,12,15,18H,3-4,11H2,1-2H3. The summed E-state index contributed by atoms with van der Waals surface area (Å²) in [6.45, 7) is 5.88. The van der Waals surface area contributed by atoms with Gasteiger partial charge in [0, 0.05) is 12.6 Å². The van der Waals surface area contributed by atoms with Crippen LogP contribution in [0.2, 0.25) is 0 Å². The number of nitrogens with one attached hydrogen (secondary N) is 1. The summed E-state index contributed by atoms with van der Waals surface area (Å²) in [7, 11) is -3.88. The van der Waals surface area contributed by atoms with E-state index >= 15 is 0 Å². The number of benzene rings is 1. The van der Waals surface area contributed by atoms with Crippen molar-refractivity contribution in [2.45, 2.75) is 24.8 Å². The van der Waals surface area contributed by atoms with Crippen molar-refractivity contribution >= 4 is 21.4 Å². The summed E-state index contributed by atoms with van der Waals surface area (Å²) in [5, 5.41) is 3.98. The number of rotatable bonds is 8. The molecule has 0 spiro atoms.